The van der Waals surface area contributed by atoms with Crippen molar-refractivity contribution in [2.75, 3.05) is 16.8 Å². The van der Waals surface area contributed by atoms with Crippen molar-refractivity contribution in [2.45, 2.75) is 97.8 Å². The van der Waals surface area contributed by atoms with E-state index in [-0.39, 0.29) is 6.01 Å². The fraction of sp³-hybridized carbons (Fsp3) is 0.800. The van der Waals surface area contributed by atoms with Crippen LogP contribution in [-0.4, -0.2) is 30.3 Å². The summed E-state index contributed by atoms with van der Waals surface area (Å²) in [5, 5.41) is 7.14. The first-order valence-corrected chi connectivity index (χ1v) is 15.2. The van der Waals surface area contributed by atoms with E-state index in [4.69, 9.17) is 9.56 Å². The zero-order chi connectivity index (χ0) is 24.7. The molecule has 1 rings (SSSR count). The minimum Gasteiger partial charge on any atom is -0.432 e. The molecule has 8 heteroatoms. The number of allylic oxidation sites excluding steroid dienone is 1. The Labute approximate surface area is 207 Å². The lowest BCUT2D eigenvalue weighted by molar-refractivity contribution is 0.389. The molecule has 0 spiro atoms. The molecule has 1 aromatic rings. The quantitative estimate of drug-likeness (QED) is 0.159. The van der Waals surface area contributed by atoms with Gasteiger partial charge in [0.2, 0.25) is 10.0 Å². The molecular formula is C25H47N3O3S2. The Hall–Kier alpha value is -0.990. The Balaban J connectivity index is 2.17. The molecule has 1 aromatic heterocycles. The maximum absolute atomic E-state index is 11.8. The SMILES string of the molecule is C/C(=C\CSCC(Nc1ncco1)S(N)(=O)=O)CCCC(C)CCCC(C)CCCC(C)C. The van der Waals surface area contributed by atoms with Crippen LogP contribution in [0.1, 0.15) is 92.4 Å². The zero-order valence-corrected chi connectivity index (χ0v) is 23.0. The maximum atomic E-state index is 11.8. The Morgan fingerprint density at radius 1 is 1.09 bits per heavy atom. The van der Waals surface area contributed by atoms with Gasteiger partial charge in [0.1, 0.15) is 6.26 Å². The molecule has 3 unspecified atom stereocenters. The van der Waals surface area contributed by atoms with Crippen LogP contribution < -0.4 is 10.5 Å². The van der Waals surface area contributed by atoms with Crippen LogP contribution in [0, 0.1) is 17.8 Å². The predicted octanol–water partition coefficient (Wildman–Crippen LogP) is 6.82. The topological polar surface area (TPSA) is 98.2 Å². The molecule has 3 N–H and O–H groups in total. The van der Waals surface area contributed by atoms with Crippen molar-refractivity contribution < 1.29 is 12.8 Å². The fourth-order valence-electron chi connectivity index (χ4n) is 3.84. The first-order valence-electron chi connectivity index (χ1n) is 12.5. The molecule has 1 heterocycles. The molecule has 0 bridgehead atoms. The number of nitrogens with two attached hydrogens (primary N) is 1. The van der Waals surface area contributed by atoms with E-state index in [0.717, 1.165) is 29.9 Å². The van der Waals surface area contributed by atoms with Crippen molar-refractivity contribution in [1.82, 2.24) is 4.98 Å². The smallest absolute Gasteiger partial charge is 0.295 e. The molecule has 0 aliphatic rings. The van der Waals surface area contributed by atoms with Crippen molar-refractivity contribution in [2.24, 2.45) is 22.9 Å². The minimum absolute atomic E-state index is 0.163. The third-order valence-corrected chi connectivity index (χ3v) is 8.33. The van der Waals surface area contributed by atoms with Gasteiger partial charge in [-0.2, -0.15) is 11.8 Å². The van der Waals surface area contributed by atoms with Gasteiger partial charge in [-0.05, 0) is 37.5 Å². The number of thioether (sulfide) groups is 1. The van der Waals surface area contributed by atoms with Crippen LogP contribution in [0.25, 0.3) is 0 Å². The summed E-state index contributed by atoms with van der Waals surface area (Å²) >= 11 is 1.53. The van der Waals surface area contributed by atoms with Crippen LogP contribution in [0.4, 0.5) is 6.01 Å². The average molecular weight is 502 g/mol. The maximum Gasteiger partial charge on any atom is 0.295 e. The highest BCUT2D eigenvalue weighted by atomic mass is 32.2. The fourth-order valence-corrected chi connectivity index (χ4v) is 5.99. The van der Waals surface area contributed by atoms with E-state index in [9.17, 15) is 8.42 Å². The number of hydrogen-bond donors (Lipinski definition) is 2. The third-order valence-electron chi connectivity index (χ3n) is 6.07. The number of sulfonamides is 1. The predicted molar refractivity (Wildman–Crippen MR) is 143 cm³/mol. The van der Waals surface area contributed by atoms with Gasteiger partial charge in [0, 0.05) is 11.5 Å². The second-order valence-corrected chi connectivity index (χ2v) is 12.8. The molecule has 0 fully saturated rings. The summed E-state index contributed by atoms with van der Waals surface area (Å²) in [5.74, 6) is 3.56. The number of hydrogen-bond acceptors (Lipinski definition) is 6. The normalized spacial score (nSPS) is 15.5. The summed E-state index contributed by atoms with van der Waals surface area (Å²) in [4.78, 5) is 3.90. The molecule has 0 aromatic carbocycles. The second-order valence-electron chi connectivity index (χ2n) is 10.0. The van der Waals surface area contributed by atoms with Gasteiger partial charge in [0.15, 0.2) is 5.37 Å². The van der Waals surface area contributed by atoms with E-state index in [2.05, 4.69) is 51.0 Å². The molecule has 3 atom stereocenters. The van der Waals surface area contributed by atoms with Crippen molar-refractivity contribution in [1.29, 1.82) is 0 Å². The largest absolute Gasteiger partial charge is 0.432 e. The average Bonchev–Trinajstić information content (AvgIpc) is 3.22. The number of rotatable bonds is 19. The lowest BCUT2D eigenvalue weighted by atomic mass is 9.91. The van der Waals surface area contributed by atoms with Gasteiger partial charge >= 0.3 is 0 Å². The number of nitrogens with zero attached hydrogens (tertiary/aromatic N) is 1. The molecule has 6 nitrogen and oxygen atoms in total. The van der Waals surface area contributed by atoms with E-state index < -0.39 is 15.4 Å². The Bertz CT molecular complexity index is 749. The molecule has 0 amide bonds. The van der Waals surface area contributed by atoms with Gasteiger partial charge < -0.3 is 9.73 Å². The Morgan fingerprint density at radius 2 is 1.70 bits per heavy atom. The van der Waals surface area contributed by atoms with Crippen LogP contribution in [-0.2, 0) is 10.0 Å². The highest BCUT2D eigenvalue weighted by molar-refractivity contribution is 8.00. The zero-order valence-electron chi connectivity index (χ0n) is 21.4. The summed E-state index contributed by atoms with van der Waals surface area (Å²) in [5.41, 5.74) is 1.36. The number of primary sulfonamides is 1. The second kappa shape index (κ2) is 16.6. The monoisotopic (exact) mass is 501 g/mol. The summed E-state index contributed by atoms with van der Waals surface area (Å²) in [6.07, 6.45) is 16.8. The van der Waals surface area contributed by atoms with Crippen molar-refractivity contribution in [3.8, 4) is 0 Å². The first kappa shape index (κ1) is 30.0. The van der Waals surface area contributed by atoms with Gasteiger partial charge in [-0.25, -0.2) is 18.5 Å². The van der Waals surface area contributed by atoms with Crippen LogP contribution in [0.5, 0.6) is 0 Å². The van der Waals surface area contributed by atoms with E-state index >= 15 is 0 Å². The van der Waals surface area contributed by atoms with E-state index in [0.29, 0.717) is 5.75 Å². The highest BCUT2D eigenvalue weighted by Gasteiger charge is 2.22. The molecule has 0 radical (unpaired) electrons. The minimum atomic E-state index is -3.74. The molecule has 0 saturated carbocycles. The van der Waals surface area contributed by atoms with Crippen LogP contribution in [0.3, 0.4) is 0 Å². The summed E-state index contributed by atoms with van der Waals surface area (Å²) < 4.78 is 28.6. The van der Waals surface area contributed by atoms with Gasteiger partial charge in [-0.15, -0.1) is 0 Å². The summed E-state index contributed by atoms with van der Waals surface area (Å²) in [7, 11) is -3.74. The lowest BCUT2D eigenvalue weighted by Gasteiger charge is -2.15. The number of oxazole rings is 1. The van der Waals surface area contributed by atoms with Gasteiger partial charge in [0.05, 0.1) is 6.20 Å². The Kier molecular flexibility index (Phi) is 15.1. The van der Waals surface area contributed by atoms with Crippen molar-refractivity contribution in [3.63, 3.8) is 0 Å². The van der Waals surface area contributed by atoms with E-state index in [1.54, 1.807) is 0 Å². The summed E-state index contributed by atoms with van der Waals surface area (Å²) in [6, 6.07) is 0.163. The first-order chi connectivity index (χ1) is 15.6. The van der Waals surface area contributed by atoms with Crippen LogP contribution in [0.2, 0.25) is 0 Å². The molecule has 0 aliphatic heterocycles. The molecular weight excluding hydrogens is 454 g/mol. The van der Waals surface area contributed by atoms with Gasteiger partial charge in [0.25, 0.3) is 6.01 Å². The van der Waals surface area contributed by atoms with Crippen LogP contribution >= 0.6 is 11.8 Å². The van der Waals surface area contributed by atoms with E-state index in [1.807, 2.05) is 0 Å². The number of anilines is 1. The Morgan fingerprint density at radius 3 is 2.24 bits per heavy atom. The van der Waals surface area contributed by atoms with E-state index in [1.165, 1.54) is 81.2 Å². The van der Waals surface area contributed by atoms with Crippen LogP contribution in [0.15, 0.2) is 28.5 Å². The van der Waals surface area contributed by atoms with Crippen molar-refractivity contribution in [3.05, 3.63) is 24.1 Å². The standard InChI is InChI=1S/C25H47N3O3S2/c1-20(2)9-6-10-21(3)11-7-12-22(4)13-8-14-23(5)15-18-32-19-24(33(26,29)30)28-25-27-16-17-31-25/h15-17,20-22,24H,6-14,18-19H2,1-5H3,(H,27,28)(H2,26,29,30)/b23-15+. The molecule has 0 saturated heterocycles. The van der Waals surface area contributed by atoms with Gasteiger partial charge in [-0.3, -0.25) is 0 Å². The van der Waals surface area contributed by atoms with Crippen molar-refractivity contribution >= 4 is 27.8 Å². The molecule has 192 valence electrons. The number of nitrogens with one attached hydrogen (secondary N) is 1. The third kappa shape index (κ3) is 15.5. The lowest BCUT2D eigenvalue weighted by Crippen LogP contribution is -2.37. The molecule has 33 heavy (non-hydrogen) atoms. The summed E-state index contributed by atoms with van der Waals surface area (Å²) in [6.45, 7) is 11.6. The number of aromatic nitrogens is 1. The van der Waals surface area contributed by atoms with Gasteiger partial charge in [-0.1, -0.05) is 84.3 Å². The molecule has 0 aliphatic carbocycles. The highest BCUT2D eigenvalue weighted by Crippen LogP contribution is 2.22.